The van der Waals surface area contributed by atoms with E-state index in [0.29, 0.717) is 12.8 Å². The van der Waals surface area contributed by atoms with Crippen LogP contribution in [0.2, 0.25) is 0 Å². The van der Waals surface area contributed by atoms with E-state index in [1.54, 1.807) is 0 Å². The number of hydrogen-bond acceptors (Lipinski definition) is 0. The van der Waals surface area contributed by atoms with Gasteiger partial charge < -0.3 is 0 Å². The molecule has 0 amide bonds. The topological polar surface area (TPSA) is 0 Å². The molecule has 12 heavy (non-hydrogen) atoms. The quantitative estimate of drug-likeness (QED) is 0.532. The van der Waals surface area contributed by atoms with E-state index >= 15 is 0 Å². The fourth-order valence-electron chi connectivity index (χ4n) is 1.98. The van der Waals surface area contributed by atoms with Crippen LogP contribution in [0, 0.1) is 11.3 Å². The van der Waals surface area contributed by atoms with Crippen LogP contribution in [0.5, 0.6) is 0 Å². The van der Waals surface area contributed by atoms with Gasteiger partial charge in [0.05, 0.1) is 5.92 Å². The monoisotopic (exact) mass is 180 g/mol. The summed E-state index contributed by atoms with van der Waals surface area (Å²) in [6, 6.07) is 0. The van der Waals surface area contributed by atoms with Gasteiger partial charge in [-0.25, -0.2) is 0 Å². The molecule has 72 valence electrons. The van der Waals surface area contributed by atoms with Crippen LogP contribution in [-0.2, 0) is 0 Å². The number of hydrogen-bond donors (Lipinski definition) is 0. The Morgan fingerprint density at radius 2 is 1.83 bits per heavy atom. The Kier molecular flexibility index (Phi) is 2.41. The lowest BCUT2D eigenvalue weighted by atomic mass is 9.72. The van der Waals surface area contributed by atoms with Gasteiger partial charge in [-0.05, 0) is 24.7 Å². The normalized spacial score (nSPS) is 30.2. The zero-order chi connectivity index (χ0) is 9.41. The molecule has 1 atom stereocenters. The maximum atomic E-state index is 12.3. The largest absolute Gasteiger partial charge is 0.391 e. The number of rotatable bonds is 0. The van der Waals surface area contributed by atoms with Crippen LogP contribution in [0.15, 0.2) is 0 Å². The van der Waals surface area contributed by atoms with Crippen molar-refractivity contribution in [3.05, 3.63) is 0 Å². The molecule has 0 radical (unpaired) electrons. The van der Waals surface area contributed by atoms with Crippen molar-refractivity contribution >= 4 is 0 Å². The summed E-state index contributed by atoms with van der Waals surface area (Å²) in [6.45, 7) is 3.84. The lowest BCUT2D eigenvalue weighted by molar-refractivity contribution is -0.190. The molecule has 0 aromatic heterocycles. The number of alkyl halides is 3. The predicted octanol–water partition coefficient (Wildman–Crippen LogP) is 3.77. The van der Waals surface area contributed by atoms with Gasteiger partial charge in [0, 0.05) is 0 Å². The third-order valence-electron chi connectivity index (χ3n) is 2.67. The number of halogens is 3. The Morgan fingerprint density at radius 3 is 2.17 bits per heavy atom. The molecule has 0 saturated heterocycles. The zero-order valence-electron chi connectivity index (χ0n) is 7.54. The van der Waals surface area contributed by atoms with Crippen molar-refractivity contribution < 1.29 is 13.2 Å². The van der Waals surface area contributed by atoms with Crippen molar-refractivity contribution in [2.75, 3.05) is 0 Å². The molecule has 1 fully saturated rings. The molecule has 0 aromatic rings. The molecule has 3 heteroatoms. The summed E-state index contributed by atoms with van der Waals surface area (Å²) in [4.78, 5) is 0. The van der Waals surface area contributed by atoms with E-state index in [4.69, 9.17) is 0 Å². The fraction of sp³-hybridized carbons (Fsp3) is 1.00. The molecule has 0 spiro atoms. The minimum atomic E-state index is -3.97. The van der Waals surface area contributed by atoms with Crippen LogP contribution in [-0.4, -0.2) is 6.18 Å². The molecule has 1 aliphatic rings. The van der Waals surface area contributed by atoms with Gasteiger partial charge in [0.2, 0.25) is 0 Å². The van der Waals surface area contributed by atoms with Crippen molar-refractivity contribution in [2.45, 2.75) is 45.7 Å². The smallest absolute Gasteiger partial charge is 0.171 e. The van der Waals surface area contributed by atoms with Crippen molar-refractivity contribution in [2.24, 2.45) is 11.3 Å². The summed E-state index contributed by atoms with van der Waals surface area (Å²) < 4.78 is 36.9. The van der Waals surface area contributed by atoms with Crippen LogP contribution in [0.25, 0.3) is 0 Å². The highest BCUT2D eigenvalue weighted by atomic mass is 19.4. The molecule has 0 bridgehead atoms. The van der Waals surface area contributed by atoms with Crippen LogP contribution in [0.1, 0.15) is 39.5 Å². The molecule has 0 aromatic carbocycles. The molecule has 1 saturated carbocycles. The highest BCUT2D eigenvalue weighted by molar-refractivity contribution is 4.82. The van der Waals surface area contributed by atoms with Crippen LogP contribution >= 0.6 is 0 Å². The summed E-state index contributed by atoms with van der Waals surface area (Å²) in [7, 11) is 0. The molecule has 0 heterocycles. The molecule has 0 aliphatic heterocycles. The second kappa shape index (κ2) is 2.93. The lowest BCUT2D eigenvalue weighted by Gasteiger charge is -2.35. The average Bonchev–Trinajstić information content (AvgIpc) is 1.83. The van der Waals surface area contributed by atoms with Crippen LogP contribution < -0.4 is 0 Å². The Morgan fingerprint density at radius 1 is 1.25 bits per heavy atom. The Hall–Kier alpha value is -0.210. The Balaban J connectivity index is 2.58. The summed E-state index contributed by atoms with van der Waals surface area (Å²) in [6.07, 6.45) is -1.70. The molecule has 0 N–H and O–H groups in total. The summed E-state index contributed by atoms with van der Waals surface area (Å²) in [5.41, 5.74) is -0.113. The van der Waals surface area contributed by atoms with Crippen molar-refractivity contribution in [3.63, 3.8) is 0 Å². The minimum absolute atomic E-state index is 0.113. The SMILES string of the molecule is CC1(C)CCCC(C(F)(F)F)C1. The summed E-state index contributed by atoms with van der Waals surface area (Å²) >= 11 is 0. The first kappa shape index (κ1) is 9.87. The maximum absolute atomic E-state index is 12.3. The van der Waals surface area contributed by atoms with Crippen molar-refractivity contribution in [1.29, 1.82) is 0 Å². The van der Waals surface area contributed by atoms with Gasteiger partial charge in [0.25, 0.3) is 0 Å². The van der Waals surface area contributed by atoms with Gasteiger partial charge >= 0.3 is 6.18 Å². The van der Waals surface area contributed by atoms with Crippen LogP contribution in [0.3, 0.4) is 0 Å². The van der Waals surface area contributed by atoms with Gasteiger partial charge in [0.1, 0.15) is 0 Å². The highest BCUT2D eigenvalue weighted by Gasteiger charge is 2.44. The Labute approximate surface area is 71.1 Å². The molecule has 1 unspecified atom stereocenters. The van der Waals surface area contributed by atoms with E-state index in [1.807, 2.05) is 13.8 Å². The first-order valence-electron chi connectivity index (χ1n) is 4.38. The molecule has 1 rings (SSSR count). The summed E-state index contributed by atoms with van der Waals surface area (Å²) in [5, 5.41) is 0. The first-order chi connectivity index (χ1) is 5.31. The van der Waals surface area contributed by atoms with Gasteiger partial charge in [-0.15, -0.1) is 0 Å². The molecule has 1 aliphatic carbocycles. The molecular weight excluding hydrogens is 165 g/mol. The van der Waals surface area contributed by atoms with E-state index < -0.39 is 12.1 Å². The van der Waals surface area contributed by atoms with Gasteiger partial charge in [-0.1, -0.05) is 20.3 Å². The standard InChI is InChI=1S/C9H15F3/c1-8(2)5-3-4-7(6-8)9(10,11)12/h7H,3-6H2,1-2H3. The first-order valence-corrected chi connectivity index (χ1v) is 4.38. The lowest BCUT2D eigenvalue weighted by Crippen LogP contribution is -2.32. The minimum Gasteiger partial charge on any atom is -0.171 e. The third kappa shape index (κ3) is 2.39. The van der Waals surface area contributed by atoms with E-state index in [0.717, 1.165) is 12.8 Å². The average molecular weight is 180 g/mol. The zero-order valence-corrected chi connectivity index (χ0v) is 7.54. The van der Waals surface area contributed by atoms with Gasteiger partial charge in [-0.3, -0.25) is 0 Å². The van der Waals surface area contributed by atoms with Crippen molar-refractivity contribution in [1.82, 2.24) is 0 Å². The second-order valence-corrected chi connectivity index (χ2v) is 4.50. The molecular formula is C9H15F3. The van der Waals surface area contributed by atoms with E-state index in [1.165, 1.54) is 0 Å². The van der Waals surface area contributed by atoms with Crippen LogP contribution in [0.4, 0.5) is 13.2 Å². The van der Waals surface area contributed by atoms with Crippen molar-refractivity contribution in [3.8, 4) is 0 Å². The van der Waals surface area contributed by atoms with E-state index in [2.05, 4.69) is 0 Å². The van der Waals surface area contributed by atoms with Gasteiger partial charge in [-0.2, -0.15) is 13.2 Å². The highest BCUT2D eigenvalue weighted by Crippen LogP contribution is 2.45. The fourth-order valence-corrected chi connectivity index (χ4v) is 1.98. The predicted molar refractivity (Wildman–Crippen MR) is 41.8 cm³/mol. The maximum Gasteiger partial charge on any atom is 0.391 e. The second-order valence-electron chi connectivity index (χ2n) is 4.50. The molecule has 0 nitrogen and oxygen atoms in total. The Bertz CT molecular complexity index is 154. The van der Waals surface area contributed by atoms with E-state index in [-0.39, 0.29) is 5.41 Å². The summed E-state index contributed by atoms with van der Waals surface area (Å²) in [5.74, 6) is -1.05. The van der Waals surface area contributed by atoms with Gasteiger partial charge in [0.15, 0.2) is 0 Å². The van der Waals surface area contributed by atoms with E-state index in [9.17, 15) is 13.2 Å². The third-order valence-corrected chi connectivity index (χ3v) is 2.67.